The van der Waals surface area contributed by atoms with Gasteiger partial charge in [0.1, 0.15) is 17.5 Å². The molecule has 14 heavy (non-hydrogen) atoms. The van der Waals surface area contributed by atoms with Crippen LogP contribution < -0.4 is 11.1 Å². The highest BCUT2D eigenvalue weighted by Crippen LogP contribution is 2.20. The largest absolute Gasteiger partial charge is 0.383 e. The maximum absolute atomic E-state index is 8.85. The molecule has 1 rings (SSSR count). The lowest BCUT2D eigenvalue weighted by molar-refractivity contribution is 0.489. The van der Waals surface area contributed by atoms with Crippen LogP contribution in [0.15, 0.2) is 0 Å². The standard InChI is InChI=1S/C9H15N5/c1-6(2)5-14-8(11)7(4-10)9(12-3)13-14/h6H,5,11H2,1-3H3,(H,12,13). The number of rotatable bonds is 3. The van der Waals surface area contributed by atoms with Gasteiger partial charge in [-0.25, -0.2) is 4.68 Å². The van der Waals surface area contributed by atoms with Crippen molar-refractivity contribution in [3.05, 3.63) is 5.56 Å². The Morgan fingerprint density at radius 2 is 2.29 bits per heavy atom. The molecule has 0 aliphatic carbocycles. The molecule has 0 fully saturated rings. The van der Waals surface area contributed by atoms with Crippen LogP contribution in [0.25, 0.3) is 0 Å². The van der Waals surface area contributed by atoms with Crippen molar-refractivity contribution in [3.8, 4) is 6.07 Å². The summed E-state index contributed by atoms with van der Waals surface area (Å²) in [4.78, 5) is 0. The summed E-state index contributed by atoms with van der Waals surface area (Å²) in [5, 5.41) is 15.9. The van der Waals surface area contributed by atoms with Crippen LogP contribution in [0, 0.1) is 17.2 Å². The number of nitriles is 1. The predicted molar refractivity (Wildman–Crippen MR) is 55.7 cm³/mol. The summed E-state index contributed by atoms with van der Waals surface area (Å²) >= 11 is 0. The van der Waals surface area contributed by atoms with E-state index in [1.165, 1.54) is 0 Å². The van der Waals surface area contributed by atoms with Crippen LogP contribution in [-0.2, 0) is 6.54 Å². The number of nitrogens with zero attached hydrogens (tertiary/aromatic N) is 3. The zero-order valence-electron chi connectivity index (χ0n) is 8.70. The van der Waals surface area contributed by atoms with Crippen molar-refractivity contribution in [1.29, 1.82) is 5.26 Å². The molecule has 3 N–H and O–H groups in total. The van der Waals surface area contributed by atoms with E-state index in [-0.39, 0.29) is 0 Å². The Hall–Kier alpha value is -1.70. The smallest absolute Gasteiger partial charge is 0.168 e. The fourth-order valence-electron chi connectivity index (χ4n) is 1.25. The molecule has 5 heteroatoms. The van der Waals surface area contributed by atoms with E-state index in [2.05, 4.69) is 24.3 Å². The molecule has 0 aliphatic heterocycles. The van der Waals surface area contributed by atoms with Crippen LogP contribution in [0.5, 0.6) is 0 Å². The number of hydrogen-bond acceptors (Lipinski definition) is 4. The third-order valence-electron chi connectivity index (χ3n) is 1.88. The van der Waals surface area contributed by atoms with Crippen molar-refractivity contribution >= 4 is 11.6 Å². The first kappa shape index (κ1) is 10.4. The molecule has 0 saturated carbocycles. The molecule has 1 aromatic heterocycles. The van der Waals surface area contributed by atoms with Crippen molar-refractivity contribution in [2.24, 2.45) is 5.92 Å². The van der Waals surface area contributed by atoms with Gasteiger partial charge in [-0.2, -0.15) is 10.4 Å². The van der Waals surface area contributed by atoms with E-state index in [0.717, 1.165) is 6.54 Å². The third-order valence-corrected chi connectivity index (χ3v) is 1.88. The van der Waals surface area contributed by atoms with E-state index in [9.17, 15) is 0 Å². The Balaban J connectivity index is 3.09. The molecule has 1 heterocycles. The van der Waals surface area contributed by atoms with Crippen molar-refractivity contribution in [3.63, 3.8) is 0 Å². The SMILES string of the molecule is CNc1nn(CC(C)C)c(N)c1C#N. The van der Waals surface area contributed by atoms with Gasteiger partial charge in [-0.1, -0.05) is 13.8 Å². The van der Waals surface area contributed by atoms with E-state index < -0.39 is 0 Å². The quantitative estimate of drug-likeness (QED) is 0.751. The molecule has 0 saturated heterocycles. The monoisotopic (exact) mass is 193 g/mol. The highest BCUT2D eigenvalue weighted by molar-refractivity contribution is 5.63. The minimum Gasteiger partial charge on any atom is -0.383 e. The van der Waals surface area contributed by atoms with Gasteiger partial charge in [0.25, 0.3) is 0 Å². The first-order valence-corrected chi connectivity index (χ1v) is 4.54. The van der Waals surface area contributed by atoms with E-state index >= 15 is 0 Å². The van der Waals surface area contributed by atoms with Gasteiger partial charge in [-0.3, -0.25) is 0 Å². The van der Waals surface area contributed by atoms with E-state index in [1.807, 2.05) is 6.07 Å². The summed E-state index contributed by atoms with van der Waals surface area (Å²) in [6.45, 7) is 4.88. The molecular weight excluding hydrogens is 178 g/mol. The van der Waals surface area contributed by atoms with Gasteiger partial charge in [0.2, 0.25) is 0 Å². The number of anilines is 2. The van der Waals surface area contributed by atoms with E-state index in [0.29, 0.717) is 23.1 Å². The average molecular weight is 193 g/mol. The predicted octanol–water partition coefficient (Wildman–Crippen LogP) is 1.03. The summed E-state index contributed by atoms with van der Waals surface area (Å²) in [6.07, 6.45) is 0. The van der Waals surface area contributed by atoms with Gasteiger partial charge in [0, 0.05) is 13.6 Å². The van der Waals surface area contributed by atoms with Crippen molar-refractivity contribution in [1.82, 2.24) is 9.78 Å². The molecule has 0 atom stereocenters. The molecule has 0 spiro atoms. The number of nitrogens with one attached hydrogen (secondary N) is 1. The van der Waals surface area contributed by atoms with Crippen LogP contribution in [0.4, 0.5) is 11.6 Å². The summed E-state index contributed by atoms with van der Waals surface area (Å²) < 4.78 is 1.66. The van der Waals surface area contributed by atoms with Crippen LogP contribution >= 0.6 is 0 Å². The number of nitrogen functional groups attached to an aromatic ring is 1. The Morgan fingerprint density at radius 3 is 2.64 bits per heavy atom. The molecule has 5 nitrogen and oxygen atoms in total. The van der Waals surface area contributed by atoms with E-state index in [1.54, 1.807) is 11.7 Å². The Labute approximate surface area is 83.5 Å². The first-order valence-electron chi connectivity index (χ1n) is 4.54. The zero-order chi connectivity index (χ0) is 10.7. The Bertz CT molecular complexity index is 358. The van der Waals surface area contributed by atoms with Crippen LogP contribution in [-0.4, -0.2) is 16.8 Å². The second-order valence-corrected chi connectivity index (χ2v) is 3.55. The van der Waals surface area contributed by atoms with Crippen LogP contribution in [0.2, 0.25) is 0 Å². The highest BCUT2D eigenvalue weighted by atomic mass is 15.3. The molecule has 0 amide bonds. The lowest BCUT2D eigenvalue weighted by atomic mass is 10.2. The van der Waals surface area contributed by atoms with Gasteiger partial charge in [-0.05, 0) is 5.92 Å². The van der Waals surface area contributed by atoms with Gasteiger partial charge < -0.3 is 11.1 Å². The minimum absolute atomic E-state index is 0.424. The molecule has 0 bridgehead atoms. The second-order valence-electron chi connectivity index (χ2n) is 3.55. The Morgan fingerprint density at radius 1 is 1.64 bits per heavy atom. The topological polar surface area (TPSA) is 79.7 Å². The normalized spacial score (nSPS) is 10.2. The van der Waals surface area contributed by atoms with Crippen molar-refractivity contribution in [2.75, 3.05) is 18.1 Å². The first-order chi connectivity index (χ1) is 6.60. The van der Waals surface area contributed by atoms with E-state index in [4.69, 9.17) is 11.0 Å². The van der Waals surface area contributed by atoms with Crippen LogP contribution in [0.3, 0.4) is 0 Å². The number of nitrogens with two attached hydrogens (primary N) is 1. The number of aromatic nitrogens is 2. The van der Waals surface area contributed by atoms with Gasteiger partial charge >= 0.3 is 0 Å². The molecule has 0 aliphatic rings. The molecule has 0 aromatic carbocycles. The second kappa shape index (κ2) is 4.01. The van der Waals surface area contributed by atoms with Gasteiger partial charge in [0.15, 0.2) is 5.82 Å². The molecule has 0 radical (unpaired) electrons. The maximum Gasteiger partial charge on any atom is 0.168 e. The lowest BCUT2D eigenvalue weighted by Crippen LogP contribution is -2.09. The highest BCUT2D eigenvalue weighted by Gasteiger charge is 2.14. The van der Waals surface area contributed by atoms with Gasteiger partial charge in [0.05, 0.1) is 0 Å². The molecular formula is C9H15N5. The summed E-state index contributed by atoms with van der Waals surface area (Å²) in [7, 11) is 1.72. The molecule has 1 aromatic rings. The number of hydrogen-bond donors (Lipinski definition) is 2. The Kier molecular flexibility index (Phi) is 2.97. The summed E-state index contributed by atoms with van der Waals surface area (Å²) in [6, 6.07) is 2.04. The minimum atomic E-state index is 0.424. The van der Waals surface area contributed by atoms with Crippen molar-refractivity contribution < 1.29 is 0 Å². The van der Waals surface area contributed by atoms with Gasteiger partial charge in [-0.15, -0.1) is 0 Å². The summed E-state index contributed by atoms with van der Waals surface area (Å²) in [5.41, 5.74) is 6.20. The maximum atomic E-state index is 8.85. The fraction of sp³-hybridized carbons (Fsp3) is 0.556. The fourth-order valence-corrected chi connectivity index (χ4v) is 1.25. The summed E-state index contributed by atoms with van der Waals surface area (Å²) in [5.74, 6) is 1.43. The van der Waals surface area contributed by atoms with Crippen molar-refractivity contribution in [2.45, 2.75) is 20.4 Å². The third kappa shape index (κ3) is 1.79. The lowest BCUT2D eigenvalue weighted by Gasteiger charge is -2.05. The average Bonchev–Trinajstić information content (AvgIpc) is 2.42. The van der Waals surface area contributed by atoms with Crippen LogP contribution in [0.1, 0.15) is 19.4 Å². The molecule has 0 unspecified atom stereocenters. The molecule has 76 valence electrons. The zero-order valence-corrected chi connectivity index (χ0v) is 8.70.